The van der Waals surface area contributed by atoms with Crippen LogP contribution < -0.4 is 0 Å². The second-order valence-electron chi connectivity index (χ2n) is 4.50. The number of rotatable bonds is 3. The average molecular weight is 214 g/mol. The van der Waals surface area contributed by atoms with Gasteiger partial charge in [-0.2, -0.15) is 0 Å². The van der Waals surface area contributed by atoms with Crippen LogP contribution in [0, 0.1) is 6.92 Å². The van der Waals surface area contributed by atoms with Crippen LogP contribution in [0.2, 0.25) is 0 Å². The minimum Gasteiger partial charge on any atom is -0.346 e. The number of benzene rings is 1. The first kappa shape index (κ1) is 10.9. The Labute approximate surface area is 96.7 Å². The fourth-order valence-electron chi connectivity index (χ4n) is 1.97. The zero-order valence-electron chi connectivity index (χ0n) is 10.1. The van der Waals surface area contributed by atoms with Gasteiger partial charge in [0.1, 0.15) is 5.82 Å². The molecule has 2 heteroatoms. The fourth-order valence-corrected chi connectivity index (χ4v) is 1.97. The predicted molar refractivity (Wildman–Crippen MR) is 66.7 cm³/mol. The number of nitrogens with zero attached hydrogens (tertiary/aromatic N) is 1. The summed E-state index contributed by atoms with van der Waals surface area (Å²) in [7, 11) is 0. The van der Waals surface area contributed by atoms with E-state index in [1.54, 1.807) is 0 Å². The van der Waals surface area contributed by atoms with Crippen molar-refractivity contribution in [1.29, 1.82) is 0 Å². The second-order valence-corrected chi connectivity index (χ2v) is 4.50. The molecule has 0 aliphatic carbocycles. The van der Waals surface area contributed by atoms with E-state index in [9.17, 15) is 0 Å². The highest BCUT2D eigenvalue weighted by molar-refractivity contribution is 5.26. The number of aryl methyl sites for hydroxylation is 1. The first-order chi connectivity index (χ1) is 7.66. The highest BCUT2D eigenvalue weighted by Crippen LogP contribution is 2.19. The Bertz CT molecular complexity index is 455. The van der Waals surface area contributed by atoms with Gasteiger partial charge in [-0.3, -0.25) is 0 Å². The highest BCUT2D eigenvalue weighted by Gasteiger charge is 2.11. The molecule has 1 heterocycles. The van der Waals surface area contributed by atoms with E-state index < -0.39 is 0 Å². The number of nitrogens with one attached hydrogen (secondary N) is 1. The van der Waals surface area contributed by atoms with E-state index in [4.69, 9.17) is 0 Å². The van der Waals surface area contributed by atoms with E-state index in [0.717, 1.165) is 12.2 Å². The highest BCUT2D eigenvalue weighted by atomic mass is 14.9. The van der Waals surface area contributed by atoms with E-state index in [1.165, 1.54) is 17.0 Å². The van der Waals surface area contributed by atoms with Crippen molar-refractivity contribution in [1.82, 2.24) is 9.97 Å². The number of aromatic amines is 1. The molecule has 2 aromatic rings. The molecule has 0 aliphatic heterocycles. The van der Waals surface area contributed by atoms with Crippen LogP contribution in [0.4, 0.5) is 0 Å². The zero-order chi connectivity index (χ0) is 11.5. The lowest BCUT2D eigenvalue weighted by Gasteiger charge is -2.05. The van der Waals surface area contributed by atoms with Crippen LogP contribution in [-0.4, -0.2) is 9.97 Å². The Morgan fingerprint density at radius 1 is 1.19 bits per heavy atom. The van der Waals surface area contributed by atoms with Crippen LogP contribution in [0.3, 0.4) is 0 Å². The Balaban J connectivity index is 2.28. The summed E-state index contributed by atoms with van der Waals surface area (Å²) in [5, 5.41) is 0. The molecule has 0 fully saturated rings. The number of hydrogen-bond acceptors (Lipinski definition) is 1. The third-order valence-corrected chi connectivity index (χ3v) is 2.70. The standard InChI is InChI=1S/C14H18N2/c1-10(2)14-13(15-11(3)16-14)9-12-7-5-4-6-8-12/h4-8,10H,9H2,1-3H3,(H,15,16). The molecule has 16 heavy (non-hydrogen) atoms. The summed E-state index contributed by atoms with van der Waals surface area (Å²) in [6, 6.07) is 10.5. The largest absolute Gasteiger partial charge is 0.346 e. The third kappa shape index (κ3) is 2.32. The Kier molecular flexibility index (Phi) is 3.09. The summed E-state index contributed by atoms with van der Waals surface area (Å²) in [5.41, 5.74) is 3.77. The molecule has 1 N–H and O–H groups in total. The Morgan fingerprint density at radius 2 is 1.88 bits per heavy atom. The summed E-state index contributed by atoms with van der Waals surface area (Å²) >= 11 is 0. The van der Waals surface area contributed by atoms with Gasteiger partial charge in [-0.1, -0.05) is 44.2 Å². The molecule has 84 valence electrons. The van der Waals surface area contributed by atoms with Gasteiger partial charge in [0.05, 0.1) is 5.69 Å². The van der Waals surface area contributed by atoms with Crippen molar-refractivity contribution in [3.8, 4) is 0 Å². The minimum atomic E-state index is 0.476. The Hall–Kier alpha value is -1.57. The summed E-state index contributed by atoms with van der Waals surface area (Å²) in [5.74, 6) is 1.48. The van der Waals surface area contributed by atoms with Gasteiger partial charge in [0.2, 0.25) is 0 Å². The number of aromatic nitrogens is 2. The van der Waals surface area contributed by atoms with Crippen molar-refractivity contribution >= 4 is 0 Å². The molecule has 0 saturated heterocycles. The van der Waals surface area contributed by atoms with Crippen LogP contribution in [-0.2, 0) is 6.42 Å². The van der Waals surface area contributed by atoms with Gasteiger partial charge >= 0.3 is 0 Å². The van der Waals surface area contributed by atoms with Crippen LogP contribution in [0.25, 0.3) is 0 Å². The van der Waals surface area contributed by atoms with Gasteiger partial charge in [-0.25, -0.2) is 4.98 Å². The maximum absolute atomic E-state index is 4.55. The molecule has 0 bridgehead atoms. The lowest BCUT2D eigenvalue weighted by Crippen LogP contribution is -1.96. The number of hydrogen-bond donors (Lipinski definition) is 1. The van der Waals surface area contributed by atoms with Gasteiger partial charge in [0.15, 0.2) is 0 Å². The smallest absolute Gasteiger partial charge is 0.103 e. The quantitative estimate of drug-likeness (QED) is 0.833. The first-order valence-electron chi connectivity index (χ1n) is 5.76. The first-order valence-corrected chi connectivity index (χ1v) is 5.76. The molecule has 0 radical (unpaired) electrons. The van der Waals surface area contributed by atoms with Crippen molar-refractivity contribution in [2.75, 3.05) is 0 Å². The number of H-pyrrole nitrogens is 1. The fraction of sp³-hybridized carbons (Fsp3) is 0.357. The van der Waals surface area contributed by atoms with Crippen LogP contribution in [0.1, 0.15) is 42.5 Å². The molecule has 1 aromatic heterocycles. The van der Waals surface area contributed by atoms with Crippen molar-refractivity contribution < 1.29 is 0 Å². The molecule has 2 rings (SSSR count). The zero-order valence-corrected chi connectivity index (χ0v) is 10.1. The molecular weight excluding hydrogens is 196 g/mol. The van der Waals surface area contributed by atoms with Gasteiger partial charge in [-0.15, -0.1) is 0 Å². The van der Waals surface area contributed by atoms with Crippen LogP contribution in [0.5, 0.6) is 0 Å². The van der Waals surface area contributed by atoms with Gasteiger partial charge in [0.25, 0.3) is 0 Å². The molecule has 0 atom stereocenters. The topological polar surface area (TPSA) is 28.7 Å². The van der Waals surface area contributed by atoms with E-state index in [0.29, 0.717) is 5.92 Å². The van der Waals surface area contributed by atoms with Crippen LogP contribution in [0.15, 0.2) is 30.3 Å². The summed E-state index contributed by atoms with van der Waals surface area (Å²) in [4.78, 5) is 7.91. The van der Waals surface area contributed by atoms with Crippen molar-refractivity contribution in [2.24, 2.45) is 0 Å². The van der Waals surface area contributed by atoms with Crippen molar-refractivity contribution in [3.05, 3.63) is 53.1 Å². The van der Waals surface area contributed by atoms with E-state index in [-0.39, 0.29) is 0 Å². The minimum absolute atomic E-state index is 0.476. The third-order valence-electron chi connectivity index (χ3n) is 2.70. The van der Waals surface area contributed by atoms with Gasteiger partial charge in [0, 0.05) is 12.1 Å². The molecule has 0 spiro atoms. The number of imidazole rings is 1. The molecule has 1 aromatic carbocycles. The van der Waals surface area contributed by atoms with E-state index in [1.807, 2.05) is 13.0 Å². The molecular formula is C14H18N2. The van der Waals surface area contributed by atoms with Crippen molar-refractivity contribution in [2.45, 2.75) is 33.1 Å². The van der Waals surface area contributed by atoms with Crippen molar-refractivity contribution in [3.63, 3.8) is 0 Å². The lowest BCUT2D eigenvalue weighted by atomic mass is 10.0. The summed E-state index contributed by atoms with van der Waals surface area (Å²) < 4.78 is 0. The predicted octanol–water partition coefficient (Wildman–Crippen LogP) is 3.43. The molecule has 0 saturated carbocycles. The van der Waals surface area contributed by atoms with Gasteiger partial charge in [-0.05, 0) is 18.4 Å². The van der Waals surface area contributed by atoms with Gasteiger partial charge < -0.3 is 4.98 Å². The summed E-state index contributed by atoms with van der Waals surface area (Å²) in [6.45, 7) is 6.38. The van der Waals surface area contributed by atoms with Crippen LogP contribution >= 0.6 is 0 Å². The normalized spacial score (nSPS) is 11.0. The molecule has 0 unspecified atom stereocenters. The van der Waals surface area contributed by atoms with E-state index >= 15 is 0 Å². The lowest BCUT2D eigenvalue weighted by molar-refractivity contribution is 0.812. The molecule has 2 nitrogen and oxygen atoms in total. The maximum Gasteiger partial charge on any atom is 0.103 e. The Morgan fingerprint density at radius 3 is 2.50 bits per heavy atom. The second kappa shape index (κ2) is 4.52. The average Bonchev–Trinajstić information content (AvgIpc) is 2.61. The molecule has 0 amide bonds. The maximum atomic E-state index is 4.55. The monoisotopic (exact) mass is 214 g/mol. The SMILES string of the molecule is Cc1nc(C(C)C)c(Cc2ccccc2)[nH]1. The summed E-state index contributed by atoms with van der Waals surface area (Å²) in [6.07, 6.45) is 0.940. The molecule has 0 aliphatic rings. The van der Waals surface area contributed by atoms with E-state index in [2.05, 4.69) is 48.1 Å².